The van der Waals surface area contributed by atoms with Crippen LogP contribution >= 0.6 is 0 Å². The first-order chi connectivity index (χ1) is 8.65. The number of imidazole rings is 1. The maximum absolute atomic E-state index is 13.0. The Hall–Kier alpha value is -1.64. The fraction of sp³-hybridized carbons (Fsp3) is 0.400. The molecule has 3 rings (SSSR count). The lowest BCUT2D eigenvalue weighted by Crippen LogP contribution is -2.07. The first-order valence-electron chi connectivity index (χ1n) is 6.46. The lowest BCUT2D eigenvalue weighted by Gasteiger charge is -2.15. The zero-order valence-corrected chi connectivity index (χ0v) is 10.7. The first-order valence-corrected chi connectivity index (χ1v) is 6.46. The molecule has 18 heavy (non-hydrogen) atoms. The third kappa shape index (κ3) is 2.05. The van der Waals surface area contributed by atoms with Crippen LogP contribution in [0.4, 0.5) is 4.39 Å². The van der Waals surface area contributed by atoms with E-state index in [9.17, 15) is 4.39 Å². The number of hydrogen-bond acceptors (Lipinski definition) is 1. The number of nitrogens with zero attached hydrogens (tertiary/aromatic N) is 2. The van der Waals surface area contributed by atoms with Crippen LogP contribution in [-0.4, -0.2) is 9.55 Å². The van der Waals surface area contributed by atoms with Crippen molar-refractivity contribution < 1.29 is 4.39 Å². The van der Waals surface area contributed by atoms with E-state index in [4.69, 9.17) is 0 Å². The van der Waals surface area contributed by atoms with Crippen molar-refractivity contribution in [2.24, 2.45) is 5.92 Å². The average Bonchev–Trinajstić information content (AvgIpc) is 3.13. The summed E-state index contributed by atoms with van der Waals surface area (Å²) in [7, 11) is 0. The van der Waals surface area contributed by atoms with Gasteiger partial charge in [0.15, 0.2) is 0 Å². The average molecular weight is 244 g/mol. The van der Waals surface area contributed by atoms with Gasteiger partial charge in [-0.15, -0.1) is 0 Å². The molecule has 1 heterocycles. The van der Waals surface area contributed by atoms with E-state index >= 15 is 0 Å². The van der Waals surface area contributed by atoms with E-state index in [1.165, 1.54) is 25.0 Å². The number of benzene rings is 1. The topological polar surface area (TPSA) is 17.8 Å². The Balaban J connectivity index is 2.02. The van der Waals surface area contributed by atoms with Crippen LogP contribution in [0.3, 0.4) is 0 Å². The minimum Gasteiger partial charge on any atom is -0.328 e. The molecule has 1 aromatic carbocycles. The van der Waals surface area contributed by atoms with Gasteiger partial charge in [0.1, 0.15) is 11.6 Å². The molecular weight excluding hydrogens is 227 g/mol. The standard InChI is InChI=1S/C15H17FN2/c1-10-9-18(11(2)12-3-4-12)15(17-10)13-5-7-14(16)8-6-13/h5-9,11-12H,3-4H2,1-2H3/t11-/m0/s1. The molecule has 94 valence electrons. The molecule has 1 aliphatic carbocycles. The second kappa shape index (κ2) is 4.23. The minimum absolute atomic E-state index is 0.205. The zero-order valence-electron chi connectivity index (χ0n) is 10.7. The van der Waals surface area contributed by atoms with Gasteiger partial charge in [-0.2, -0.15) is 0 Å². The summed E-state index contributed by atoms with van der Waals surface area (Å²) in [6.45, 7) is 4.24. The zero-order chi connectivity index (χ0) is 12.7. The Labute approximate surface area is 106 Å². The quantitative estimate of drug-likeness (QED) is 0.798. The van der Waals surface area contributed by atoms with E-state index in [1.807, 2.05) is 6.92 Å². The maximum atomic E-state index is 13.0. The van der Waals surface area contributed by atoms with Crippen molar-refractivity contribution >= 4 is 0 Å². The Morgan fingerprint density at radius 1 is 1.28 bits per heavy atom. The van der Waals surface area contributed by atoms with Crippen molar-refractivity contribution in [2.75, 3.05) is 0 Å². The van der Waals surface area contributed by atoms with Gasteiger partial charge in [-0.05, 0) is 56.9 Å². The Kier molecular flexibility index (Phi) is 2.69. The van der Waals surface area contributed by atoms with Gasteiger partial charge in [-0.3, -0.25) is 0 Å². The van der Waals surface area contributed by atoms with E-state index in [0.29, 0.717) is 6.04 Å². The van der Waals surface area contributed by atoms with Gasteiger partial charge in [0.05, 0.1) is 5.69 Å². The summed E-state index contributed by atoms with van der Waals surface area (Å²) in [4.78, 5) is 4.58. The summed E-state index contributed by atoms with van der Waals surface area (Å²) in [6, 6.07) is 7.06. The summed E-state index contributed by atoms with van der Waals surface area (Å²) in [5.41, 5.74) is 2.00. The van der Waals surface area contributed by atoms with Crippen LogP contribution in [0.5, 0.6) is 0 Å². The highest BCUT2D eigenvalue weighted by Gasteiger charge is 2.30. The van der Waals surface area contributed by atoms with Crippen LogP contribution in [0.1, 0.15) is 31.5 Å². The summed E-state index contributed by atoms with van der Waals surface area (Å²) in [5, 5.41) is 0. The molecule has 0 unspecified atom stereocenters. The molecule has 0 saturated heterocycles. The van der Waals surface area contributed by atoms with Crippen molar-refractivity contribution in [3.05, 3.63) is 42.0 Å². The summed E-state index contributed by atoms with van der Waals surface area (Å²) < 4.78 is 15.2. The number of hydrogen-bond donors (Lipinski definition) is 0. The maximum Gasteiger partial charge on any atom is 0.140 e. The van der Waals surface area contributed by atoms with Gasteiger partial charge < -0.3 is 4.57 Å². The third-order valence-electron chi connectivity index (χ3n) is 3.70. The van der Waals surface area contributed by atoms with E-state index in [0.717, 1.165) is 23.0 Å². The SMILES string of the molecule is Cc1cn([C@@H](C)C2CC2)c(-c2ccc(F)cc2)n1. The molecule has 2 aromatic rings. The van der Waals surface area contributed by atoms with Gasteiger partial charge in [0.25, 0.3) is 0 Å². The normalized spacial score (nSPS) is 16.8. The lowest BCUT2D eigenvalue weighted by atomic mass is 10.1. The molecule has 0 spiro atoms. The van der Waals surface area contributed by atoms with Crippen LogP contribution in [0.25, 0.3) is 11.4 Å². The number of halogens is 1. The van der Waals surface area contributed by atoms with Gasteiger partial charge >= 0.3 is 0 Å². The molecule has 1 aromatic heterocycles. The van der Waals surface area contributed by atoms with Crippen LogP contribution < -0.4 is 0 Å². The highest BCUT2D eigenvalue weighted by Crippen LogP contribution is 2.41. The van der Waals surface area contributed by atoms with Gasteiger partial charge in [0.2, 0.25) is 0 Å². The molecule has 0 radical (unpaired) electrons. The van der Waals surface area contributed by atoms with Crippen molar-refractivity contribution in [3.63, 3.8) is 0 Å². The molecule has 0 amide bonds. The lowest BCUT2D eigenvalue weighted by molar-refractivity contribution is 0.490. The first kappa shape index (κ1) is 11.5. The molecule has 2 nitrogen and oxygen atoms in total. The molecule has 1 fully saturated rings. The van der Waals surface area contributed by atoms with Crippen molar-refractivity contribution in [3.8, 4) is 11.4 Å². The van der Waals surface area contributed by atoms with Crippen molar-refractivity contribution in [2.45, 2.75) is 32.7 Å². The molecule has 1 atom stereocenters. The monoisotopic (exact) mass is 244 g/mol. The summed E-state index contributed by atoms with van der Waals surface area (Å²) >= 11 is 0. The summed E-state index contributed by atoms with van der Waals surface area (Å²) in [5.74, 6) is 1.52. The van der Waals surface area contributed by atoms with E-state index in [1.54, 1.807) is 12.1 Å². The van der Waals surface area contributed by atoms with Crippen LogP contribution in [-0.2, 0) is 0 Å². The van der Waals surface area contributed by atoms with Crippen LogP contribution in [0.15, 0.2) is 30.5 Å². The largest absolute Gasteiger partial charge is 0.328 e. The second-order valence-corrected chi connectivity index (χ2v) is 5.20. The van der Waals surface area contributed by atoms with E-state index in [2.05, 4.69) is 22.7 Å². The van der Waals surface area contributed by atoms with Crippen molar-refractivity contribution in [1.29, 1.82) is 0 Å². The molecule has 3 heteroatoms. The number of rotatable bonds is 3. The highest BCUT2D eigenvalue weighted by molar-refractivity contribution is 5.56. The minimum atomic E-state index is -0.205. The van der Waals surface area contributed by atoms with E-state index < -0.39 is 0 Å². The van der Waals surface area contributed by atoms with Crippen LogP contribution in [0, 0.1) is 18.7 Å². The Morgan fingerprint density at radius 2 is 1.94 bits per heavy atom. The van der Waals surface area contributed by atoms with Crippen molar-refractivity contribution in [1.82, 2.24) is 9.55 Å². The smallest absolute Gasteiger partial charge is 0.140 e. The molecule has 1 aliphatic rings. The molecule has 1 saturated carbocycles. The highest BCUT2D eigenvalue weighted by atomic mass is 19.1. The Bertz CT molecular complexity index is 552. The summed E-state index contributed by atoms with van der Waals surface area (Å²) in [6.07, 6.45) is 4.71. The Morgan fingerprint density at radius 3 is 2.56 bits per heavy atom. The van der Waals surface area contributed by atoms with Gasteiger partial charge in [-0.1, -0.05) is 0 Å². The fourth-order valence-corrected chi connectivity index (χ4v) is 2.44. The van der Waals surface area contributed by atoms with Crippen LogP contribution in [0.2, 0.25) is 0 Å². The van der Waals surface area contributed by atoms with Gasteiger partial charge in [0, 0.05) is 17.8 Å². The number of aromatic nitrogens is 2. The molecule has 0 N–H and O–H groups in total. The predicted octanol–water partition coefficient (Wildman–Crippen LogP) is 3.97. The molecular formula is C15H17FN2. The van der Waals surface area contributed by atoms with Gasteiger partial charge in [-0.25, -0.2) is 9.37 Å². The molecule has 0 aliphatic heterocycles. The predicted molar refractivity (Wildman–Crippen MR) is 69.8 cm³/mol. The van der Waals surface area contributed by atoms with E-state index in [-0.39, 0.29) is 5.82 Å². The molecule has 0 bridgehead atoms. The fourth-order valence-electron chi connectivity index (χ4n) is 2.44. The number of aryl methyl sites for hydroxylation is 1. The third-order valence-corrected chi connectivity index (χ3v) is 3.70. The second-order valence-electron chi connectivity index (χ2n) is 5.20.